The van der Waals surface area contributed by atoms with Crippen molar-refractivity contribution in [1.29, 1.82) is 0 Å². The van der Waals surface area contributed by atoms with Crippen LogP contribution < -0.4 is 14.4 Å². The van der Waals surface area contributed by atoms with Crippen molar-refractivity contribution in [2.75, 3.05) is 45.3 Å². The topological polar surface area (TPSA) is 67.8 Å². The number of benzene rings is 2. The lowest BCUT2D eigenvalue weighted by Crippen LogP contribution is -2.48. The molecule has 8 heteroatoms. The maximum Gasteiger partial charge on any atom is 0.257 e. The summed E-state index contributed by atoms with van der Waals surface area (Å²) < 4.78 is 15.1. The highest BCUT2D eigenvalue weighted by Crippen LogP contribution is 2.24. The number of rotatable bonds is 6. The zero-order chi connectivity index (χ0) is 20.9. The molecule has 1 amide bonds. The highest BCUT2D eigenvalue weighted by atomic mass is 32.1. The summed E-state index contributed by atoms with van der Waals surface area (Å²) in [6.07, 6.45) is 0.667. The molecule has 4 rings (SSSR count). The van der Waals surface area contributed by atoms with Gasteiger partial charge in [0.1, 0.15) is 17.3 Å². The number of carbonyl (C=O) groups excluding carboxylic acids is 1. The van der Waals surface area contributed by atoms with Gasteiger partial charge in [0.05, 0.1) is 19.8 Å². The molecule has 0 unspecified atom stereocenters. The van der Waals surface area contributed by atoms with Crippen molar-refractivity contribution in [3.8, 4) is 11.5 Å². The van der Waals surface area contributed by atoms with Crippen LogP contribution in [0.4, 0.5) is 5.13 Å². The van der Waals surface area contributed by atoms with Gasteiger partial charge in [-0.2, -0.15) is 4.37 Å². The molecule has 0 aliphatic carbocycles. The Morgan fingerprint density at radius 1 is 1.03 bits per heavy atom. The number of aromatic nitrogens is 2. The van der Waals surface area contributed by atoms with Gasteiger partial charge in [-0.05, 0) is 29.8 Å². The number of anilines is 1. The minimum absolute atomic E-state index is 0.00285. The number of amides is 1. The fourth-order valence-corrected chi connectivity index (χ4v) is 4.24. The van der Waals surface area contributed by atoms with Crippen LogP contribution >= 0.6 is 11.5 Å². The smallest absolute Gasteiger partial charge is 0.257 e. The van der Waals surface area contributed by atoms with E-state index in [2.05, 4.69) is 9.27 Å². The van der Waals surface area contributed by atoms with Gasteiger partial charge in [0.25, 0.3) is 5.91 Å². The zero-order valence-corrected chi connectivity index (χ0v) is 17.9. The van der Waals surface area contributed by atoms with E-state index in [1.54, 1.807) is 14.2 Å². The van der Waals surface area contributed by atoms with Gasteiger partial charge >= 0.3 is 0 Å². The van der Waals surface area contributed by atoms with Crippen molar-refractivity contribution < 1.29 is 14.3 Å². The SMILES string of the molecule is COc1cccc(Cc2nsc(N3CCN(C(=O)c4ccccc4OC)CC3)n2)c1. The Morgan fingerprint density at radius 2 is 1.83 bits per heavy atom. The van der Waals surface area contributed by atoms with Crippen LogP contribution in [0.1, 0.15) is 21.7 Å². The van der Waals surface area contributed by atoms with Crippen LogP contribution in [0.25, 0.3) is 0 Å². The predicted octanol–water partition coefficient (Wildman–Crippen LogP) is 3.11. The molecule has 1 aliphatic rings. The fraction of sp³-hybridized carbons (Fsp3) is 0.318. The lowest BCUT2D eigenvalue weighted by molar-refractivity contribution is 0.0743. The van der Waals surface area contributed by atoms with Gasteiger partial charge in [0.15, 0.2) is 0 Å². The molecule has 0 bridgehead atoms. The Hall–Kier alpha value is -3.13. The number of para-hydroxylation sites is 1. The van der Waals surface area contributed by atoms with E-state index in [9.17, 15) is 4.79 Å². The molecule has 0 saturated carbocycles. The lowest BCUT2D eigenvalue weighted by atomic mass is 10.1. The predicted molar refractivity (Wildman–Crippen MR) is 117 cm³/mol. The first-order valence-electron chi connectivity index (χ1n) is 9.80. The largest absolute Gasteiger partial charge is 0.497 e. The third-order valence-electron chi connectivity index (χ3n) is 5.13. The van der Waals surface area contributed by atoms with Gasteiger partial charge in [0.2, 0.25) is 5.13 Å². The van der Waals surface area contributed by atoms with E-state index in [1.807, 2.05) is 53.4 Å². The first-order valence-corrected chi connectivity index (χ1v) is 10.6. The number of hydrogen-bond acceptors (Lipinski definition) is 7. The Kier molecular flexibility index (Phi) is 6.13. The first-order chi connectivity index (χ1) is 14.7. The van der Waals surface area contributed by atoms with Crippen LogP contribution in [0.3, 0.4) is 0 Å². The van der Waals surface area contributed by atoms with Gasteiger partial charge in [0, 0.05) is 44.1 Å². The minimum atomic E-state index is 0.00285. The van der Waals surface area contributed by atoms with Crippen molar-refractivity contribution >= 4 is 22.6 Å². The van der Waals surface area contributed by atoms with Crippen molar-refractivity contribution in [2.24, 2.45) is 0 Å². The minimum Gasteiger partial charge on any atom is -0.497 e. The molecule has 3 aromatic rings. The Labute approximate surface area is 180 Å². The quantitative estimate of drug-likeness (QED) is 0.606. The van der Waals surface area contributed by atoms with Crippen LogP contribution in [0.15, 0.2) is 48.5 Å². The molecule has 0 N–H and O–H groups in total. The van der Waals surface area contributed by atoms with Gasteiger partial charge in [-0.3, -0.25) is 4.79 Å². The Morgan fingerprint density at radius 3 is 2.60 bits per heavy atom. The summed E-state index contributed by atoms with van der Waals surface area (Å²) >= 11 is 1.41. The average Bonchev–Trinajstić information content (AvgIpc) is 3.27. The lowest BCUT2D eigenvalue weighted by Gasteiger charge is -2.34. The van der Waals surface area contributed by atoms with E-state index in [-0.39, 0.29) is 5.91 Å². The number of piperazine rings is 1. The van der Waals surface area contributed by atoms with Crippen molar-refractivity contribution in [3.05, 3.63) is 65.5 Å². The molecule has 7 nitrogen and oxygen atoms in total. The van der Waals surface area contributed by atoms with Gasteiger partial charge in [-0.1, -0.05) is 24.3 Å². The normalized spacial score (nSPS) is 13.9. The second-order valence-electron chi connectivity index (χ2n) is 7.00. The van der Waals surface area contributed by atoms with E-state index in [1.165, 1.54) is 11.5 Å². The summed E-state index contributed by atoms with van der Waals surface area (Å²) in [6.45, 7) is 2.74. The summed E-state index contributed by atoms with van der Waals surface area (Å²) in [5, 5.41) is 0.900. The second-order valence-corrected chi connectivity index (χ2v) is 7.73. The summed E-state index contributed by atoms with van der Waals surface area (Å²) in [7, 11) is 3.25. The fourth-order valence-electron chi connectivity index (χ4n) is 3.50. The molecule has 0 radical (unpaired) electrons. The molecule has 0 atom stereocenters. The third-order valence-corrected chi connectivity index (χ3v) is 5.94. The molecule has 2 aromatic carbocycles. The summed E-state index contributed by atoms with van der Waals surface area (Å²) in [5.74, 6) is 2.24. The number of nitrogens with zero attached hydrogens (tertiary/aromatic N) is 4. The molecular formula is C22H24N4O3S. The Bertz CT molecular complexity index is 1010. The van der Waals surface area contributed by atoms with Gasteiger partial charge < -0.3 is 19.3 Å². The summed E-state index contributed by atoms with van der Waals surface area (Å²) in [6, 6.07) is 15.3. The molecule has 1 saturated heterocycles. The van der Waals surface area contributed by atoms with Gasteiger partial charge in [-0.25, -0.2) is 4.98 Å². The van der Waals surface area contributed by atoms with E-state index >= 15 is 0 Å². The van der Waals surface area contributed by atoms with Crippen LogP contribution in [0.2, 0.25) is 0 Å². The molecule has 0 spiro atoms. The monoisotopic (exact) mass is 424 g/mol. The summed E-state index contributed by atoms with van der Waals surface area (Å²) in [4.78, 5) is 21.6. The molecule has 1 aromatic heterocycles. The van der Waals surface area contributed by atoms with Crippen LogP contribution in [-0.4, -0.2) is 60.6 Å². The maximum absolute atomic E-state index is 12.9. The van der Waals surface area contributed by atoms with Crippen LogP contribution in [-0.2, 0) is 6.42 Å². The van der Waals surface area contributed by atoms with Crippen LogP contribution in [0, 0.1) is 0 Å². The highest BCUT2D eigenvalue weighted by molar-refractivity contribution is 7.09. The molecular weight excluding hydrogens is 400 g/mol. The van der Waals surface area contributed by atoms with E-state index in [0.29, 0.717) is 30.8 Å². The second kappa shape index (κ2) is 9.13. The van der Waals surface area contributed by atoms with Crippen molar-refractivity contribution in [3.63, 3.8) is 0 Å². The number of carbonyl (C=O) groups is 1. The third kappa shape index (κ3) is 4.38. The number of methoxy groups -OCH3 is 2. The Balaban J connectivity index is 1.37. The summed E-state index contributed by atoms with van der Waals surface area (Å²) in [5.41, 5.74) is 1.72. The van der Waals surface area contributed by atoms with Crippen molar-refractivity contribution in [2.45, 2.75) is 6.42 Å². The van der Waals surface area contributed by atoms with Gasteiger partial charge in [-0.15, -0.1) is 0 Å². The van der Waals surface area contributed by atoms with Crippen LogP contribution in [0.5, 0.6) is 11.5 Å². The highest BCUT2D eigenvalue weighted by Gasteiger charge is 2.25. The van der Waals surface area contributed by atoms with E-state index in [0.717, 1.165) is 35.4 Å². The molecule has 2 heterocycles. The van der Waals surface area contributed by atoms with E-state index < -0.39 is 0 Å². The van der Waals surface area contributed by atoms with E-state index in [4.69, 9.17) is 14.5 Å². The number of hydrogen-bond donors (Lipinski definition) is 0. The average molecular weight is 425 g/mol. The molecule has 156 valence electrons. The molecule has 1 fully saturated rings. The molecule has 1 aliphatic heterocycles. The number of ether oxygens (including phenoxy) is 2. The molecule has 30 heavy (non-hydrogen) atoms. The maximum atomic E-state index is 12.9. The zero-order valence-electron chi connectivity index (χ0n) is 17.1. The first kappa shape index (κ1) is 20.2. The van der Waals surface area contributed by atoms with Crippen molar-refractivity contribution in [1.82, 2.24) is 14.3 Å². The standard InChI is InChI=1S/C22H24N4O3S/c1-28-17-7-5-6-16(14-17)15-20-23-22(30-24-20)26-12-10-25(11-13-26)21(27)18-8-3-4-9-19(18)29-2/h3-9,14H,10-13,15H2,1-2H3.